The molecule has 2 aromatic rings. The van der Waals surface area contributed by atoms with Crippen LogP contribution in [0, 0.1) is 0 Å². The normalized spacial score (nSPS) is 12.8. The minimum Gasteiger partial charge on any atom is -0.478 e. The van der Waals surface area contributed by atoms with E-state index in [-0.39, 0.29) is 0 Å². The predicted octanol–water partition coefficient (Wildman–Crippen LogP) is 3.05. The first-order valence-corrected chi connectivity index (χ1v) is 7.21. The van der Waals surface area contributed by atoms with Gasteiger partial charge < -0.3 is 9.67 Å². The quantitative estimate of drug-likeness (QED) is 0.901. The van der Waals surface area contributed by atoms with E-state index in [2.05, 4.69) is 22.7 Å². The number of carboxylic acid groups (broad SMARTS) is 1. The summed E-state index contributed by atoms with van der Waals surface area (Å²) in [6, 6.07) is 5.37. The average Bonchev–Trinajstić information content (AvgIpc) is 2.78. The van der Waals surface area contributed by atoms with Gasteiger partial charge in [-0.15, -0.1) is 0 Å². The number of carbonyl (C=O) groups is 1. The molecule has 0 aliphatic rings. The molecule has 1 unspecified atom stereocenters. The van der Waals surface area contributed by atoms with Crippen LogP contribution < -0.4 is 0 Å². The number of carboxylic acids is 1. The summed E-state index contributed by atoms with van der Waals surface area (Å²) in [6.45, 7) is 2.13. The van der Waals surface area contributed by atoms with Crippen molar-refractivity contribution < 1.29 is 9.90 Å². The van der Waals surface area contributed by atoms with Crippen molar-refractivity contribution in [1.29, 1.82) is 0 Å². The highest BCUT2D eigenvalue weighted by atomic mass is 32.2. The van der Waals surface area contributed by atoms with E-state index in [0.29, 0.717) is 11.6 Å². The zero-order chi connectivity index (χ0) is 13.1. The van der Waals surface area contributed by atoms with E-state index in [4.69, 9.17) is 5.11 Å². The second kappa shape index (κ2) is 5.44. The van der Waals surface area contributed by atoms with Gasteiger partial charge in [0.05, 0.1) is 22.9 Å². The number of aromatic carboxylic acids is 1. The van der Waals surface area contributed by atoms with E-state index in [9.17, 15) is 4.79 Å². The molecule has 1 aromatic heterocycles. The molecule has 4 nitrogen and oxygen atoms in total. The molecule has 0 aliphatic carbocycles. The summed E-state index contributed by atoms with van der Waals surface area (Å²) >= 11 is 1.81. The maximum absolute atomic E-state index is 11.0. The summed E-state index contributed by atoms with van der Waals surface area (Å²) in [6.07, 6.45) is 4.92. The summed E-state index contributed by atoms with van der Waals surface area (Å²) in [5.74, 6) is 0.181. The number of hydrogen-bond donors (Lipinski definition) is 1. The Labute approximate surface area is 110 Å². The number of rotatable bonds is 5. The molecule has 1 aromatic carbocycles. The number of imidazole rings is 1. The summed E-state index contributed by atoms with van der Waals surface area (Å²) in [7, 11) is 0. The molecule has 0 saturated carbocycles. The molecular formula is C13H16N2O2S. The predicted molar refractivity (Wildman–Crippen MR) is 74.4 cm³/mol. The summed E-state index contributed by atoms with van der Waals surface area (Å²) in [5, 5.41) is 9.02. The molecule has 1 atom stereocenters. The maximum Gasteiger partial charge on any atom is 0.335 e. The standard InChI is InChI=1S/C13H16N2O2S/c1-9(5-6-18-2)15-8-14-11-4-3-10(13(16)17)7-12(11)15/h3-4,7-9H,5-6H2,1-2H3,(H,16,17). The molecule has 1 heterocycles. The highest BCUT2D eigenvalue weighted by molar-refractivity contribution is 7.98. The minimum atomic E-state index is -0.901. The van der Waals surface area contributed by atoms with Gasteiger partial charge in [0.2, 0.25) is 0 Å². The highest BCUT2D eigenvalue weighted by Gasteiger charge is 2.11. The second-order valence-electron chi connectivity index (χ2n) is 4.29. The van der Waals surface area contributed by atoms with E-state index in [1.165, 1.54) is 0 Å². The van der Waals surface area contributed by atoms with Crippen molar-refractivity contribution in [3.63, 3.8) is 0 Å². The van der Waals surface area contributed by atoms with Crippen molar-refractivity contribution in [2.75, 3.05) is 12.0 Å². The Morgan fingerprint density at radius 1 is 1.56 bits per heavy atom. The van der Waals surface area contributed by atoms with Crippen LogP contribution in [0.3, 0.4) is 0 Å². The number of fused-ring (bicyclic) bond motifs is 1. The Morgan fingerprint density at radius 3 is 3.00 bits per heavy atom. The van der Waals surface area contributed by atoms with Crippen LogP contribution in [-0.4, -0.2) is 32.6 Å². The lowest BCUT2D eigenvalue weighted by Crippen LogP contribution is -2.05. The second-order valence-corrected chi connectivity index (χ2v) is 5.28. The first-order chi connectivity index (χ1) is 8.63. The maximum atomic E-state index is 11.0. The molecule has 0 fully saturated rings. The summed E-state index contributed by atoms with van der Waals surface area (Å²) in [4.78, 5) is 15.3. The lowest BCUT2D eigenvalue weighted by molar-refractivity contribution is 0.0697. The molecule has 0 aliphatic heterocycles. The van der Waals surface area contributed by atoms with E-state index >= 15 is 0 Å². The smallest absolute Gasteiger partial charge is 0.335 e. The van der Waals surface area contributed by atoms with Crippen LogP contribution in [0.5, 0.6) is 0 Å². The highest BCUT2D eigenvalue weighted by Crippen LogP contribution is 2.22. The third kappa shape index (κ3) is 2.51. The van der Waals surface area contributed by atoms with Gasteiger partial charge in [0.25, 0.3) is 0 Å². The zero-order valence-corrected chi connectivity index (χ0v) is 11.3. The van der Waals surface area contributed by atoms with E-state index in [0.717, 1.165) is 23.2 Å². The Hall–Kier alpha value is -1.49. The van der Waals surface area contributed by atoms with E-state index < -0.39 is 5.97 Å². The van der Waals surface area contributed by atoms with Crippen molar-refractivity contribution in [1.82, 2.24) is 9.55 Å². The van der Waals surface area contributed by atoms with Crippen LogP contribution in [0.15, 0.2) is 24.5 Å². The topological polar surface area (TPSA) is 55.1 Å². The van der Waals surface area contributed by atoms with Gasteiger partial charge in [0.1, 0.15) is 0 Å². The van der Waals surface area contributed by atoms with Gasteiger partial charge in [-0.05, 0) is 43.6 Å². The fourth-order valence-electron chi connectivity index (χ4n) is 1.94. The van der Waals surface area contributed by atoms with Gasteiger partial charge in [-0.3, -0.25) is 0 Å². The Balaban J connectivity index is 2.38. The van der Waals surface area contributed by atoms with Crippen molar-refractivity contribution in [2.45, 2.75) is 19.4 Å². The van der Waals surface area contributed by atoms with Crippen molar-refractivity contribution in [2.24, 2.45) is 0 Å². The molecule has 2 rings (SSSR count). The molecule has 5 heteroatoms. The van der Waals surface area contributed by atoms with Crippen LogP contribution in [0.4, 0.5) is 0 Å². The van der Waals surface area contributed by atoms with Gasteiger partial charge in [0.15, 0.2) is 0 Å². The van der Waals surface area contributed by atoms with E-state index in [1.54, 1.807) is 24.5 Å². The summed E-state index contributed by atoms with van der Waals surface area (Å²) in [5.41, 5.74) is 2.04. The Kier molecular flexibility index (Phi) is 3.91. The van der Waals surface area contributed by atoms with Crippen LogP contribution >= 0.6 is 11.8 Å². The van der Waals surface area contributed by atoms with Gasteiger partial charge in [0, 0.05) is 6.04 Å². The van der Waals surface area contributed by atoms with Gasteiger partial charge in [-0.2, -0.15) is 11.8 Å². The lowest BCUT2D eigenvalue weighted by atomic mass is 10.2. The monoisotopic (exact) mass is 264 g/mol. The Morgan fingerprint density at radius 2 is 2.33 bits per heavy atom. The van der Waals surface area contributed by atoms with Crippen LogP contribution in [-0.2, 0) is 0 Å². The third-order valence-electron chi connectivity index (χ3n) is 3.04. The molecule has 0 bridgehead atoms. The number of thioether (sulfide) groups is 1. The molecule has 96 valence electrons. The van der Waals surface area contributed by atoms with Crippen molar-refractivity contribution >= 4 is 28.8 Å². The number of nitrogens with zero attached hydrogens (tertiary/aromatic N) is 2. The van der Waals surface area contributed by atoms with E-state index in [1.807, 2.05) is 11.8 Å². The molecule has 0 radical (unpaired) electrons. The molecular weight excluding hydrogens is 248 g/mol. The Bertz CT molecular complexity index is 565. The largest absolute Gasteiger partial charge is 0.478 e. The average molecular weight is 264 g/mol. The zero-order valence-electron chi connectivity index (χ0n) is 10.5. The van der Waals surface area contributed by atoms with Crippen LogP contribution in [0.1, 0.15) is 29.7 Å². The number of benzene rings is 1. The molecule has 18 heavy (non-hydrogen) atoms. The number of aromatic nitrogens is 2. The molecule has 0 spiro atoms. The van der Waals surface area contributed by atoms with Gasteiger partial charge in [-0.1, -0.05) is 0 Å². The van der Waals surface area contributed by atoms with Crippen LogP contribution in [0.2, 0.25) is 0 Å². The molecule has 1 N–H and O–H groups in total. The SMILES string of the molecule is CSCCC(C)n1cnc2ccc(C(=O)O)cc21. The molecule has 0 amide bonds. The first kappa shape index (κ1) is 13.0. The fourth-order valence-corrected chi connectivity index (χ4v) is 2.51. The number of hydrogen-bond acceptors (Lipinski definition) is 3. The molecule has 0 saturated heterocycles. The first-order valence-electron chi connectivity index (χ1n) is 5.82. The fraction of sp³-hybridized carbons (Fsp3) is 0.385. The van der Waals surface area contributed by atoms with Crippen molar-refractivity contribution in [3.8, 4) is 0 Å². The van der Waals surface area contributed by atoms with Gasteiger partial charge in [-0.25, -0.2) is 9.78 Å². The van der Waals surface area contributed by atoms with Crippen LogP contribution in [0.25, 0.3) is 11.0 Å². The summed E-state index contributed by atoms with van der Waals surface area (Å²) < 4.78 is 2.05. The minimum absolute atomic E-state index is 0.307. The van der Waals surface area contributed by atoms with Crippen molar-refractivity contribution in [3.05, 3.63) is 30.1 Å². The van der Waals surface area contributed by atoms with Gasteiger partial charge >= 0.3 is 5.97 Å². The third-order valence-corrected chi connectivity index (χ3v) is 3.68. The lowest BCUT2D eigenvalue weighted by Gasteiger charge is -2.13.